The molecular weight excluding hydrogens is 382 g/mol. The van der Waals surface area contributed by atoms with Gasteiger partial charge in [0.2, 0.25) is 5.89 Å². The average Bonchev–Trinajstić information content (AvgIpc) is 3.14. The van der Waals surface area contributed by atoms with E-state index in [1.54, 1.807) is 28.2 Å². The standard InChI is InChI=1S/C16H16F2N4O2S2/c1-10-19-12(8-26-10)7-21(2)9-22-16(25)24-14(20-22)11-3-5-13(6-4-11)23-15(17)18/h3-6,8,15H,7,9H2,1-2H3. The first kappa shape index (κ1) is 18.6. The van der Waals surface area contributed by atoms with Gasteiger partial charge in [-0.3, -0.25) is 4.90 Å². The number of alkyl halides is 2. The summed E-state index contributed by atoms with van der Waals surface area (Å²) in [6, 6.07) is 6.03. The van der Waals surface area contributed by atoms with E-state index >= 15 is 0 Å². The lowest BCUT2D eigenvalue weighted by atomic mass is 10.2. The van der Waals surface area contributed by atoms with Crippen molar-refractivity contribution in [1.82, 2.24) is 19.7 Å². The van der Waals surface area contributed by atoms with E-state index in [4.69, 9.17) is 16.6 Å². The molecule has 0 unspecified atom stereocenters. The lowest BCUT2D eigenvalue weighted by Crippen LogP contribution is -2.22. The largest absolute Gasteiger partial charge is 0.435 e. The number of ether oxygens (including phenoxy) is 1. The van der Waals surface area contributed by atoms with Crippen LogP contribution in [0.15, 0.2) is 34.1 Å². The molecule has 0 saturated heterocycles. The van der Waals surface area contributed by atoms with Crippen molar-refractivity contribution in [3.63, 3.8) is 0 Å². The molecule has 26 heavy (non-hydrogen) atoms. The third kappa shape index (κ3) is 4.71. The molecule has 6 nitrogen and oxygen atoms in total. The van der Waals surface area contributed by atoms with Crippen molar-refractivity contribution >= 4 is 23.6 Å². The zero-order valence-corrected chi connectivity index (χ0v) is 15.7. The Bertz CT molecular complexity index is 921. The van der Waals surface area contributed by atoms with E-state index in [9.17, 15) is 8.78 Å². The number of halogens is 2. The number of aromatic nitrogens is 3. The number of aryl methyl sites for hydroxylation is 1. The molecule has 0 atom stereocenters. The van der Waals surface area contributed by atoms with Gasteiger partial charge in [0.15, 0.2) is 0 Å². The second-order valence-electron chi connectivity index (χ2n) is 5.59. The van der Waals surface area contributed by atoms with Gasteiger partial charge in [-0.05, 0) is 50.5 Å². The molecule has 0 aliphatic rings. The van der Waals surface area contributed by atoms with Crippen molar-refractivity contribution in [2.24, 2.45) is 0 Å². The Hall–Kier alpha value is -2.17. The van der Waals surface area contributed by atoms with Crippen LogP contribution in [0, 0.1) is 11.8 Å². The number of hydrogen-bond donors (Lipinski definition) is 0. The van der Waals surface area contributed by atoms with Crippen molar-refractivity contribution in [3.8, 4) is 17.2 Å². The predicted molar refractivity (Wildman–Crippen MR) is 95.7 cm³/mol. The van der Waals surface area contributed by atoms with Crippen molar-refractivity contribution in [2.75, 3.05) is 7.05 Å². The lowest BCUT2D eigenvalue weighted by Gasteiger charge is -2.14. The second-order valence-corrected chi connectivity index (χ2v) is 7.00. The minimum absolute atomic E-state index is 0.0695. The Balaban J connectivity index is 1.69. The maximum Gasteiger partial charge on any atom is 0.387 e. The molecule has 0 radical (unpaired) electrons. The van der Waals surface area contributed by atoms with Crippen LogP contribution < -0.4 is 4.74 Å². The molecule has 10 heteroatoms. The number of rotatable bonds is 7. The molecule has 3 rings (SSSR count). The summed E-state index contributed by atoms with van der Waals surface area (Å²) < 4.78 is 35.8. The van der Waals surface area contributed by atoms with E-state index in [1.807, 2.05) is 24.3 Å². The summed E-state index contributed by atoms with van der Waals surface area (Å²) in [5.74, 6) is 0.386. The van der Waals surface area contributed by atoms with Crippen LogP contribution in [0.25, 0.3) is 11.5 Å². The Labute approximate surface area is 157 Å². The molecule has 0 N–H and O–H groups in total. The summed E-state index contributed by atoms with van der Waals surface area (Å²) in [6.07, 6.45) is 0. The summed E-state index contributed by atoms with van der Waals surface area (Å²) >= 11 is 6.82. The summed E-state index contributed by atoms with van der Waals surface area (Å²) in [7, 11) is 1.93. The highest BCUT2D eigenvalue weighted by atomic mass is 32.1. The molecule has 0 saturated carbocycles. The third-order valence-corrected chi connectivity index (χ3v) is 4.52. The lowest BCUT2D eigenvalue weighted by molar-refractivity contribution is -0.0498. The van der Waals surface area contributed by atoms with Crippen molar-refractivity contribution in [2.45, 2.75) is 26.7 Å². The molecule has 0 bridgehead atoms. The van der Waals surface area contributed by atoms with E-state index in [1.165, 1.54) is 12.1 Å². The van der Waals surface area contributed by atoms with Crippen molar-refractivity contribution < 1.29 is 17.9 Å². The predicted octanol–water partition coefficient (Wildman–Crippen LogP) is 4.33. The summed E-state index contributed by atoms with van der Waals surface area (Å²) in [4.78, 5) is 6.67. The van der Waals surface area contributed by atoms with Crippen LogP contribution in [0.3, 0.4) is 0 Å². The smallest absolute Gasteiger partial charge is 0.387 e. The number of thiazole rings is 1. The molecule has 0 aliphatic heterocycles. The Morgan fingerprint density at radius 3 is 2.69 bits per heavy atom. The minimum atomic E-state index is -2.86. The maximum atomic E-state index is 12.2. The molecule has 3 aromatic rings. The monoisotopic (exact) mass is 398 g/mol. The van der Waals surface area contributed by atoms with Gasteiger partial charge in [0.25, 0.3) is 4.84 Å². The summed E-state index contributed by atoms with van der Waals surface area (Å²) in [6.45, 7) is 0.201. The molecule has 0 amide bonds. The molecule has 0 aliphatic carbocycles. The normalized spacial score (nSPS) is 11.5. The van der Waals surface area contributed by atoms with Crippen LogP contribution in [0.4, 0.5) is 8.78 Å². The Morgan fingerprint density at radius 1 is 1.35 bits per heavy atom. The van der Waals surface area contributed by atoms with Gasteiger partial charge in [-0.25, -0.2) is 9.67 Å². The number of hydrogen-bond acceptors (Lipinski definition) is 7. The van der Waals surface area contributed by atoms with Gasteiger partial charge in [0, 0.05) is 17.5 Å². The molecular formula is C16H16F2N4O2S2. The first-order valence-electron chi connectivity index (χ1n) is 7.63. The minimum Gasteiger partial charge on any atom is -0.435 e. The summed E-state index contributed by atoms with van der Waals surface area (Å²) in [5.41, 5.74) is 1.61. The van der Waals surface area contributed by atoms with E-state index in [2.05, 4.69) is 14.8 Å². The average molecular weight is 398 g/mol. The fourth-order valence-electron chi connectivity index (χ4n) is 2.33. The van der Waals surface area contributed by atoms with Crippen LogP contribution in [0.5, 0.6) is 5.75 Å². The van der Waals surface area contributed by atoms with Crippen LogP contribution in [-0.2, 0) is 13.2 Å². The topological polar surface area (TPSA) is 56.3 Å². The quantitative estimate of drug-likeness (QED) is 0.552. The number of benzene rings is 1. The zero-order valence-electron chi connectivity index (χ0n) is 14.1. The fourth-order valence-corrected chi connectivity index (χ4v) is 3.11. The van der Waals surface area contributed by atoms with Crippen LogP contribution in [0.1, 0.15) is 10.7 Å². The Kier molecular flexibility index (Phi) is 5.74. The van der Waals surface area contributed by atoms with Gasteiger partial charge in [0.1, 0.15) is 5.75 Å². The van der Waals surface area contributed by atoms with Gasteiger partial charge < -0.3 is 9.15 Å². The van der Waals surface area contributed by atoms with E-state index in [0.29, 0.717) is 24.7 Å². The molecule has 2 heterocycles. The zero-order chi connectivity index (χ0) is 18.7. The first-order valence-corrected chi connectivity index (χ1v) is 8.92. The van der Waals surface area contributed by atoms with Crippen LogP contribution in [0.2, 0.25) is 0 Å². The number of nitrogens with zero attached hydrogens (tertiary/aromatic N) is 4. The van der Waals surface area contributed by atoms with Gasteiger partial charge in [-0.1, -0.05) is 0 Å². The van der Waals surface area contributed by atoms with E-state index in [0.717, 1.165) is 10.7 Å². The highest BCUT2D eigenvalue weighted by Crippen LogP contribution is 2.22. The van der Waals surface area contributed by atoms with Crippen molar-refractivity contribution in [3.05, 3.63) is 45.2 Å². The van der Waals surface area contributed by atoms with E-state index in [-0.39, 0.29) is 10.6 Å². The van der Waals surface area contributed by atoms with Gasteiger partial charge in [0.05, 0.1) is 17.4 Å². The molecule has 0 fully saturated rings. The van der Waals surface area contributed by atoms with Crippen molar-refractivity contribution in [1.29, 1.82) is 0 Å². The fraction of sp³-hybridized carbons (Fsp3) is 0.312. The van der Waals surface area contributed by atoms with Gasteiger partial charge in [-0.2, -0.15) is 8.78 Å². The maximum absolute atomic E-state index is 12.2. The SMILES string of the molecule is Cc1nc(CN(C)Cn2nc(-c3ccc(OC(F)F)cc3)oc2=S)cs1. The molecule has 0 spiro atoms. The van der Waals surface area contributed by atoms with Crippen LogP contribution >= 0.6 is 23.6 Å². The highest BCUT2D eigenvalue weighted by Gasteiger charge is 2.12. The molecule has 1 aromatic carbocycles. The summed E-state index contributed by atoms with van der Waals surface area (Å²) in [5, 5.41) is 7.39. The van der Waals surface area contributed by atoms with Gasteiger partial charge >= 0.3 is 6.61 Å². The van der Waals surface area contributed by atoms with Gasteiger partial charge in [-0.15, -0.1) is 16.4 Å². The Morgan fingerprint density at radius 2 is 2.08 bits per heavy atom. The van der Waals surface area contributed by atoms with Crippen LogP contribution in [-0.4, -0.2) is 33.3 Å². The molecule has 138 valence electrons. The third-order valence-electron chi connectivity index (χ3n) is 3.41. The highest BCUT2D eigenvalue weighted by molar-refractivity contribution is 7.71. The molecule has 2 aromatic heterocycles. The first-order chi connectivity index (χ1) is 12.4. The van der Waals surface area contributed by atoms with E-state index < -0.39 is 6.61 Å². The second kappa shape index (κ2) is 8.02.